The molecule has 2 aromatic rings. The van der Waals surface area contributed by atoms with Gasteiger partial charge in [0.05, 0.1) is 10.2 Å². The minimum Gasteiger partial charge on any atom is -0.460 e. The third kappa shape index (κ3) is 2.19. The summed E-state index contributed by atoms with van der Waals surface area (Å²) in [5, 5.41) is 1.32. The van der Waals surface area contributed by atoms with Crippen LogP contribution in [0.4, 0.5) is 0 Å². The van der Waals surface area contributed by atoms with Crippen LogP contribution >= 0.6 is 26.6 Å². The van der Waals surface area contributed by atoms with Crippen LogP contribution in [0, 0.1) is 0 Å². The summed E-state index contributed by atoms with van der Waals surface area (Å²) in [5.74, 6) is 0.745. The number of hydrogen-bond acceptors (Lipinski definition) is 3. The SMILES string of the molecule is O=S(=O)(Cl)c1ccc2oc(CBr)cc2c1. The molecule has 0 aliphatic heterocycles. The summed E-state index contributed by atoms with van der Waals surface area (Å²) in [6.07, 6.45) is 0. The third-order valence-corrected chi connectivity index (χ3v) is 3.86. The summed E-state index contributed by atoms with van der Waals surface area (Å²) >= 11 is 3.26. The predicted octanol–water partition coefficient (Wildman–Crippen LogP) is 3.26. The van der Waals surface area contributed by atoms with E-state index in [2.05, 4.69) is 15.9 Å². The highest BCUT2D eigenvalue weighted by molar-refractivity contribution is 9.08. The average Bonchev–Trinajstić information content (AvgIpc) is 2.57. The standard InChI is InChI=1S/C9H6BrClO3S/c10-5-7-3-6-4-8(15(11,12)13)1-2-9(6)14-7/h1-4H,5H2. The Labute approximate surface area is 99.6 Å². The lowest BCUT2D eigenvalue weighted by Gasteiger charge is -1.94. The van der Waals surface area contributed by atoms with Crippen molar-refractivity contribution in [2.24, 2.45) is 0 Å². The molecule has 0 unspecified atom stereocenters. The molecule has 0 saturated heterocycles. The average molecular weight is 310 g/mol. The molecule has 1 aromatic carbocycles. The van der Waals surface area contributed by atoms with Gasteiger partial charge in [-0.1, -0.05) is 15.9 Å². The van der Waals surface area contributed by atoms with Crippen LogP contribution in [0.3, 0.4) is 0 Å². The highest BCUT2D eigenvalue weighted by atomic mass is 79.9. The number of halogens is 2. The minimum absolute atomic E-state index is 0.0820. The van der Waals surface area contributed by atoms with Crippen molar-refractivity contribution in [3.63, 3.8) is 0 Å². The molecule has 1 heterocycles. The molecule has 0 radical (unpaired) electrons. The van der Waals surface area contributed by atoms with Crippen molar-refractivity contribution in [2.75, 3.05) is 0 Å². The van der Waals surface area contributed by atoms with Crippen LogP contribution in [0.25, 0.3) is 11.0 Å². The van der Waals surface area contributed by atoms with E-state index in [4.69, 9.17) is 15.1 Å². The molecule has 1 aromatic heterocycles. The van der Waals surface area contributed by atoms with Crippen LogP contribution < -0.4 is 0 Å². The molecular weight excluding hydrogens is 304 g/mol. The lowest BCUT2D eigenvalue weighted by molar-refractivity contribution is 0.575. The van der Waals surface area contributed by atoms with E-state index < -0.39 is 9.05 Å². The molecule has 0 spiro atoms. The highest BCUT2D eigenvalue weighted by Crippen LogP contribution is 2.25. The summed E-state index contributed by atoms with van der Waals surface area (Å²) in [6.45, 7) is 0. The maximum Gasteiger partial charge on any atom is 0.261 e. The smallest absolute Gasteiger partial charge is 0.261 e. The minimum atomic E-state index is -3.67. The van der Waals surface area contributed by atoms with E-state index in [1.807, 2.05) is 0 Å². The summed E-state index contributed by atoms with van der Waals surface area (Å²) in [7, 11) is 1.56. The van der Waals surface area contributed by atoms with E-state index in [1.54, 1.807) is 12.1 Å². The number of hydrogen-bond donors (Lipinski definition) is 0. The fourth-order valence-electron chi connectivity index (χ4n) is 1.29. The maximum absolute atomic E-state index is 11.1. The first-order chi connectivity index (χ1) is 7.00. The zero-order valence-corrected chi connectivity index (χ0v) is 10.6. The van der Waals surface area contributed by atoms with Gasteiger partial charge in [0.2, 0.25) is 0 Å². The van der Waals surface area contributed by atoms with Gasteiger partial charge in [-0.15, -0.1) is 0 Å². The number of rotatable bonds is 2. The zero-order chi connectivity index (χ0) is 11.1. The van der Waals surface area contributed by atoms with Gasteiger partial charge in [0.1, 0.15) is 11.3 Å². The molecular formula is C9H6BrClO3S. The van der Waals surface area contributed by atoms with Crippen LogP contribution in [0.1, 0.15) is 5.76 Å². The van der Waals surface area contributed by atoms with Crippen molar-refractivity contribution in [3.05, 3.63) is 30.0 Å². The van der Waals surface area contributed by atoms with Gasteiger partial charge in [-0.3, -0.25) is 0 Å². The molecule has 0 aliphatic rings. The Morgan fingerprint density at radius 1 is 1.33 bits per heavy atom. The van der Waals surface area contributed by atoms with Crippen LogP contribution in [-0.4, -0.2) is 8.42 Å². The lowest BCUT2D eigenvalue weighted by Crippen LogP contribution is -1.88. The Bertz CT molecular complexity index is 603. The van der Waals surface area contributed by atoms with Crippen LogP contribution in [0.5, 0.6) is 0 Å². The van der Waals surface area contributed by atoms with Crippen molar-refractivity contribution in [3.8, 4) is 0 Å². The van der Waals surface area contributed by atoms with Crippen LogP contribution in [0.2, 0.25) is 0 Å². The van der Waals surface area contributed by atoms with Crippen molar-refractivity contribution in [1.82, 2.24) is 0 Å². The van der Waals surface area contributed by atoms with E-state index in [9.17, 15) is 8.42 Å². The number of furan rings is 1. The predicted molar refractivity (Wildman–Crippen MR) is 61.9 cm³/mol. The van der Waals surface area contributed by atoms with Gasteiger partial charge in [-0.05, 0) is 24.3 Å². The Morgan fingerprint density at radius 2 is 2.07 bits per heavy atom. The van der Waals surface area contributed by atoms with Gasteiger partial charge in [0.15, 0.2) is 0 Å². The lowest BCUT2D eigenvalue weighted by atomic mass is 10.2. The van der Waals surface area contributed by atoms with Crippen molar-refractivity contribution in [2.45, 2.75) is 10.2 Å². The summed E-state index contributed by atoms with van der Waals surface area (Å²) in [6, 6.07) is 6.28. The van der Waals surface area contributed by atoms with Crippen molar-refractivity contribution >= 4 is 46.6 Å². The largest absolute Gasteiger partial charge is 0.460 e. The second-order valence-corrected chi connectivity index (χ2v) is 6.11. The quantitative estimate of drug-likeness (QED) is 0.632. The molecule has 3 nitrogen and oxygen atoms in total. The normalized spacial score (nSPS) is 12.1. The first-order valence-corrected chi connectivity index (χ1v) is 7.47. The van der Waals surface area contributed by atoms with Gasteiger partial charge >= 0.3 is 0 Å². The molecule has 6 heteroatoms. The molecule has 0 fully saturated rings. The first-order valence-electron chi connectivity index (χ1n) is 4.04. The monoisotopic (exact) mass is 308 g/mol. The molecule has 0 atom stereocenters. The molecule has 0 bridgehead atoms. The van der Waals surface area contributed by atoms with Gasteiger partial charge in [-0.25, -0.2) is 8.42 Å². The van der Waals surface area contributed by atoms with E-state index in [-0.39, 0.29) is 4.90 Å². The van der Waals surface area contributed by atoms with E-state index >= 15 is 0 Å². The Morgan fingerprint density at radius 3 is 2.67 bits per heavy atom. The van der Waals surface area contributed by atoms with Crippen LogP contribution in [-0.2, 0) is 14.4 Å². The summed E-state index contributed by atoms with van der Waals surface area (Å²) in [5.41, 5.74) is 0.647. The Balaban J connectivity index is 2.66. The summed E-state index contributed by atoms with van der Waals surface area (Å²) in [4.78, 5) is 0.0820. The fraction of sp³-hybridized carbons (Fsp3) is 0.111. The highest BCUT2D eigenvalue weighted by Gasteiger charge is 2.12. The second-order valence-electron chi connectivity index (χ2n) is 2.98. The van der Waals surface area contributed by atoms with Gasteiger partial charge in [0.25, 0.3) is 9.05 Å². The fourth-order valence-corrected chi connectivity index (χ4v) is 2.36. The Kier molecular flexibility index (Phi) is 2.79. The Hall–Kier alpha value is -0.520. The number of fused-ring (bicyclic) bond motifs is 1. The van der Waals surface area contributed by atoms with E-state index in [0.29, 0.717) is 10.9 Å². The molecule has 0 amide bonds. The topological polar surface area (TPSA) is 47.3 Å². The maximum atomic E-state index is 11.1. The molecule has 80 valence electrons. The molecule has 0 saturated carbocycles. The van der Waals surface area contributed by atoms with Gasteiger partial charge in [-0.2, -0.15) is 0 Å². The number of alkyl halides is 1. The van der Waals surface area contributed by atoms with Crippen LogP contribution in [0.15, 0.2) is 33.6 Å². The second kappa shape index (κ2) is 3.81. The van der Waals surface area contributed by atoms with Crippen molar-refractivity contribution < 1.29 is 12.8 Å². The van der Waals surface area contributed by atoms with Gasteiger partial charge in [0, 0.05) is 16.1 Å². The zero-order valence-electron chi connectivity index (χ0n) is 7.41. The number of benzene rings is 1. The van der Waals surface area contributed by atoms with E-state index in [0.717, 1.165) is 11.1 Å². The first kappa shape index (κ1) is 11.0. The van der Waals surface area contributed by atoms with E-state index in [1.165, 1.54) is 12.1 Å². The van der Waals surface area contributed by atoms with Crippen molar-refractivity contribution in [1.29, 1.82) is 0 Å². The molecule has 15 heavy (non-hydrogen) atoms. The van der Waals surface area contributed by atoms with Gasteiger partial charge < -0.3 is 4.42 Å². The molecule has 0 aliphatic carbocycles. The summed E-state index contributed by atoms with van der Waals surface area (Å²) < 4.78 is 27.6. The third-order valence-electron chi connectivity index (χ3n) is 1.95. The molecule has 0 N–H and O–H groups in total. The molecule has 2 rings (SSSR count).